The van der Waals surface area contributed by atoms with Crippen molar-refractivity contribution < 1.29 is 19.0 Å². The molecule has 0 aromatic heterocycles. The quantitative estimate of drug-likeness (QED) is 0.785. The third kappa shape index (κ3) is 2.84. The van der Waals surface area contributed by atoms with Crippen LogP contribution in [-0.4, -0.2) is 32.8 Å². The molecule has 0 saturated carbocycles. The fourth-order valence-corrected chi connectivity index (χ4v) is 1.65. The van der Waals surface area contributed by atoms with Gasteiger partial charge >= 0.3 is 0 Å². The predicted molar refractivity (Wildman–Crippen MR) is 67.0 cm³/mol. The molecule has 0 bridgehead atoms. The fourth-order valence-electron chi connectivity index (χ4n) is 1.65. The van der Waals surface area contributed by atoms with E-state index in [1.54, 1.807) is 12.1 Å². The minimum Gasteiger partial charge on any atom is -0.489 e. The average Bonchev–Trinajstić information content (AvgIpc) is 2.55. The van der Waals surface area contributed by atoms with E-state index in [2.05, 4.69) is 5.32 Å². The van der Waals surface area contributed by atoms with Crippen LogP contribution in [0.25, 0.3) is 0 Å². The normalized spacial score (nSPS) is 13.8. The molecule has 6 heteroatoms. The van der Waals surface area contributed by atoms with Crippen LogP contribution >= 0.6 is 0 Å². The van der Waals surface area contributed by atoms with Gasteiger partial charge in [-0.05, 0) is 0 Å². The van der Waals surface area contributed by atoms with E-state index in [1.807, 2.05) is 0 Å². The second-order valence-corrected chi connectivity index (χ2v) is 3.92. The first-order valence-corrected chi connectivity index (χ1v) is 5.68. The van der Waals surface area contributed by atoms with Crippen molar-refractivity contribution in [1.82, 2.24) is 0 Å². The zero-order valence-electron chi connectivity index (χ0n) is 10.2. The van der Waals surface area contributed by atoms with Gasteiger partial charge in [0.2, 0.25) is 5.91 Å². The Labute approximate surface area is 105 Å². The zero-order chi connectivity index (χ0) is 13.0. The lowest BCUT2D eigenvalue weighted by Crippen LogP contribution is -2.18. The molecule has 3 N–H and O–H groups in total. The summed E-state index contributed by atoms with van der Waals surface area (Å²) in [6.07, 6.45) is 0.819. The maximum absolute atomic E-state index is 11.4. The summed E-state index contributed by atoms with van der Waals surface area (Å²) in [5.41, 5.74) is 6.78. The molecular weight excluding hydrogens is 236 g/mol. The van der Waals surface area contributed by atoms with Crippen LogP contribution in [0.2, 0.25) is 0 Å². The molecule has 1 amide bonds. The van der Waals surface area contributed by atoms with Crippen LogP contribution in [0.15, 0.2) is 12.1 Å². The molecule has 1 aliphatic heterocycles. The summed E-state index contributed by atoms with van der Waals surface area (Å²) in [6, 6.07) is 3.33. The van der Waals surface area contributed by atoms with Gasteiger partial charge < -0.3 is 25.3 Å². The predicted octanol–water partition coefficient (Wildman–Crippen LogP) is 1.02. The standard InChI is InChI=1S/C12H16N2O4/c1-16-7-12(15)14-9-6-11-10(5-8(9)13)17-3-2-4-18-11/h5-6H,2-4,7,13H2,1H3,(H,14,15). The molecule has 0 radical (unpaired) electrons. The van der Waals surface area contributed by atoms with Gasteiger partial charge in [0.25, 0.3) is 0 Å². The summed E-state index contributed by atoms with van der Waals surface area (Å²) in [7, 11) is 1.46. The van der Waals surface area contributed by atoms with Crippen LogP contribution in [0.1, 0.15) is 6.42 Å². The Kier molecular flexibility index (Phi) is 3.88. The lowest BCUT2D eigenvalue weighted by atomic mass is 10.2. The number of anilines is 2. The Morgan fingerprint density at radius 2 is 2.06 bits per heavy atom. The monoisotopic (exact) mass is 252 g/mol. The van der Waals surface area contributed by atoms with Crippen molar-refractivity contribution in [2.75, 3.05) is 38.0 Å². The number of methoxy groups -OCH3 is 1. The number of ether oxygens (including phenoxy) is 3. The first kappa shape index (κ1) is 12.5. The highest BCUT2D eigenvalue weighted by molar-refractivity contribution is 5.95. The van der Waals surface area contributed by atoms with Gasteiger partial charge in [0, 0.05) is 25.7 Å². The van der Waals surface area contributed by atoms with Gasteiger partial charge in [-0.25, -0.2) is 0 Å². The number of carbonyl (C=O) groups excluding carboxylic acids is 1. The molecule has 2 rings (SSSR count). The third-order valence-corrected chi connectivity index (χ3v) is 2.47. The molecule has 0 saturated heterocycles. The number of nitrogens with two attached hydrogens (primary N) is 1. The maximum Gasteiger partial charge on any atom is 0.250 e. The smallest absolute Gasteiger partial charge is 0.250 e. The first-order valence-electron chi connectivity index (χ1n) is 5.68. The molecule has 1 aliphatic rings. The number of nitrogens with one attached hydrogen (secondary N) is 1. The number of carbonyl (C=O) groups is 1. The number of rotatable bonds is 3. The molecule has 6 nitrogen and oxygen atoms in total. The summed E-state index contributed by atoms with van der Waals surface area (Å²) < 4.78 is 15.8. The topological polar surface area (TPSA) is 82.8 Å². The number of benzene rings is 1. The van der Waals surface area contributed by atoms with E-state index < -0.39 is 0 Å². The Morgan fingerprint density at radius 1 is 1.39 bits per heavy atom. The number of hydrogen-bond acceptors (Lipinski definition) is 5. The van der Waals surface area contributed by atoms with Crippen LogP contribution < -0.4 is 20.5 Å². The van der Waals surface area contributed by atoms with E-state index in [9.17, 15) is 4.79 Å². The maximum atomic E-state index is 11.4. The Morgan fingerprint density at radius 3 is 2.72 bits per heavy atom. The summed E-state index contributed by atoms with van der Waals surface area (Å²) in [6.45, 7) is 1.16. The van der Waals surface area contributed by atoms with Gasteiger partial charge in [0.05, 0.1) is 24.6 Å². The van der Waals surface area contributed by atoms with Crippen molar-refractivity contribution in [3.8, 4) is 11.5 Å². The van der Waals surface area contributed by atoms with Crippen LogP contribution in [0.5, 0.6) is 11.5 Å². The second-order valence-electron chi connectivity index (χ2n) is 3.92. The van der Waals surface area contributed by atoms with Gasteiger partial charge in [-0.3, -0.25) is 4.79 Å². The number of amides is 1. The van der Waals surface area contributed by atoms with Crippen molar-refractivity contribution in [1.29, 1.82) is 0 Å². The van der Waals surface area contributed by atoms with Crippen LogP contribution in [0.4, 0.5) is 11.4 Å². The highest BCUT2D eigenvalue weighted by Crippen LogP contribution is 2.36. The van der Waals surface area contributed by atoms with Crippen LogP contribution in [-0.2, 0) is 9.53 Å². The second kappa shape index (κ2) is 5.59. The molecule has 0 fully saturated rings. The van der Waals surface area contributed by atoms with Crippen molar-refractivity contribution >= 4 is 17.3 Å². The van der Waals surface area contributed by atoms with E-state index in [0.717, 1.165) is 6.42 Å². The van der Waals surface area contributed by atoms with Crippen molar-refractivity contribution in [3.63, 3.8) is 0 Å². The molecule has 1 aromatic rings. The van der Waals surface area contributed by atoms with Gasteiger partial charge in [0.1, 0.15) is 6.61 Å². The number of nitrogen functional groups attached to an aromatic ring is 1. The van der Waals surface area contributed by atoms with Crippen LogP contribution in [0.3, 0.4) is 0 Å². The molecule has 1 aromatic carbocycles. The summed E-state index contributed by atoms with van der Waals surface area (Å²) >= 11 is 0. The molecule has 1 heterocycles. The largest absolute Gasteiger partial charge is 0.489 e. The van der Waals surface area contributed by atoms with Crippen LogP contribution in [0, 0.1) is 0 Å². The molecule has 0 aliphatic carbocycles. The average molecular weight is 252 g/mol. The highest BCUT2D eigenvalue weighted by Gasteiger charge is 2.14. The minimum atomic E-state index is -0.265. The van der Waals surface area contributed by atoms with E-state index in [1.165, 1.54) is 7.11 Å². The van der Waals surface area contributed by atoms with Gasteiger partial charge in [-0.15, -0.1) is 0 Å². The molecular formula is C12H16N2O4. The lowest BCUT2D eigenvalue weighted by Gasteiger charge is -2.13. The molecule has 0 spiro atoms. The molecule has 0 atom stereocenters. The summed E-state index contributed by atoms with van der Waals surface area (Å²) in [5.74, 6) is 0.933. The molecule has 18 heavy (non-hydrogen) atoms. The van der Waals surface area contributed by atoms with Gasteiger partial charge in [-0.1, -0.05) is 0 Å². The Hall–Kier alpha value is -1.95. The number of hydrogen-bond donors (Lipinski definition) is 2. The van der Waals surface area contributed by atoms with Gasteiger partial charge in [-0.2, -0.15) is 0 Å². The van der Waals surface area contributed by atoms with Crippen molar-refractivity contribution in [2.45, 2.75) is 6.42 Å². The summed E-state index contributed by atoms with van der Waals surface area (Å²) in [4.78, 5) is 11.4. The number of fused-ring (bicyclic) bond motifs is 1. The fraction of sp³-hybridized carbons (Fsp3) is 0.417. The SMILES string of the molecule is COCC(=O)Nc1cc2c(cc1N)OCCCO2. The summed E-state index contributed by atoms with van der Waals surface area (Å²) in [5, 5.41) is 2.66. The van der Waals surface area contributed by atoms with E-state index >= 15 is 0 Å². The van der Waals surface area contributed by atoms with Gasteiger partial charge in [0.15, 0.2) is 11.5 Å². The third-order valence-electron chi connectivity index (χ3n) is 2.47. The lowest BCUT2D eigenvalue weighted by molar-refractivity contribution is -0.119. The van der Waals surface area contributed by atoms with E-state index in [-0.39, 0.29) is 12.5 Å². The van der Waals surface area contributed by atoms with Crippen molar-refractivity contribution in [3.05, 3.63) is 12.1 Å². The molecule has 98 valence electrons. The highest BCUT2D eigenvalue weighted by atomic mass is 16.5. The zero-order valence-corrected chi connectivity index (χ0v) is 10.2. The molecule has 0 unspecified atom stereocenters. The van der Waals surface area contributed by atoms with E-state index in [4.69, 9.17) is 19.9 Å². The van der Waals surface area contributed by atoms with Crippen molar-refractivity contribution in [2.24, 2.45) is 0 Å². The minimum absolute atomic E-state index is 0.0200. The Bertz CT molecular complexity index is 448. The van der Waals surface area contributed by atoms with E-state index in [0.29, 0.717) is 36.1 Å². The first-order chi connectivity index (χ1) is 8.70. The Balaban J connectivity index is 2.21.